The highest BCUT2D eigenvalue weighted by atomic mass is 15.6. The van der Waals surface area contributed by atoms with Crippen molar-refractivity contribution in [3.63, 3.8) is 0 Å². The third-order valence-electron chi connectivity index (χ3n) is 2.85. The summed E-state index contributed by atoms with van der Waals surface area (Å²) in [6, 6.07) is 8.57. The lowest BCUT2D eigenvalue weighted by molar-refractivity contribution is 0.567. The van der Waals surface area contributed by atoms with Crippen molar-refractivity contribution in [1.82, 2.24) is 25.5 Å². The van der Waals surface area contributed by atoms with Crippen LogP contribution in [-0.4, -0.2) is 27.3 Å². The Bertz CT molecular complexity index is 491. The van der Waals surface area contributed by atoms with Crippen LogP contribution in [0.25, 0.3) is 0 Å². The Morgan fingerprint density at radius 3 is 2.71 bits per heavy atom. The highest BCUT2D eigenvalue weighted by Gasteiger charge is 2.14. The van der Waals surface area contributed by atoms with Crippen molar-refractivity contribution in [3.8, 4) is 0 Å². The van der Waals surface area contributed by atoms with Crippen molar-refractivity contribution in [2.45, 2.75) is 19.4 Å². The maximum atomic E-state index is 4.21. The molecule has 1 atom stereocenters. The summed E-state index contributed by atoms with van der Waals surface area (Å²) in [5, 5.41) is 15.4. The van der Waals surface area contributed by atoms with Gasteiger partial charge in [-0.3, -0.25) is 0 Å². The molecular weight excluding hydrogens is 214 g/mol. The first-order chi connectivity index (χ1) is 8.20. The molecule has 2 aromatic rings. The maximum Gasteiger partial charge on any atom is 0.176 e. The minimum atomic E-state index is 0.223. The Balaban J connectivity index is 2.20. The molecule has 5 nitrogen and oxygen atoms in total. The van der Waals surface area contributed by atoms with E-state index < -0.39 is 0 Å². The fourth-order valence-corrected chi connectivity index (χ4v) is 1.93. The molecule has 2 rings (SSSR count). The summed E-state index contributed by atoms with van der Waals surface area (Å²) >= 11 is 0. The van der Waals surface area contributed by atoms with Crippen LogP contribution in [0.1, 0.15) is 23.0 Å². The lowest BCUT2D eigenvalue weighted by atomic mass is 9.99. The van der Waals surface area contributed by atoms with Gasteiger partial charge in [0.1, 0.15) is 0 Å². The number of hydrogen-bond donors (Lipinski definition) is 1. The number of likely N-dealkylation sites (N-methyl/N-ethyl adjacent to an activating group) is 1. The highest BCUT2D eigenvalue weighted by molar-refractivity contribution is 5.29. The van der Waals surface area contributed by atoms with E-state index in [9.17, 15) is 0 Å². The van der Waals surface area contributed by atoms with E-state index in [0.29, 0.717) is 0 Å². The van der Waals surface area contributed by atoms with Crippen LogP contribution in [0.3, 0.4) is 0 Å². The van der Waals surface area contributed by atoms with E-state index in [1.165, 1.54) is 15.9 Å². The minimum Gasteiger partial charge on any atom is -0.313 e. The molecule has 1 N–H and O–H groups in total. The summed E-state index contributed by atoms with van der Waals surface area (Å²) in [5.74, 6) is 0.759. The highest BCUT2D eigenvalue weighted by Crippen LogP contribution is 2.19. The Morgan fingerprint density at radius 1 is 1.35 bits per heavy atom. The number of hydrogen-bond acceptors (Lipinski definition) is 4. The van der Waals surface area contributed by atoms with E-state index >= 15 is 0 Å². The molecule has 1 aromatic heterocycles. The maximum absolute atomic E-state index is 4.21. The Hall–Kier alpha value is -1.75. The molecule has 0 saturated heterocycles. The molecule has 0 spiro atoms. The van der Waals surface area contributed by atoms with Gasteiger partial charge < -0.3 is 5.32 Å². The first kappa shape index (κ1) is 11.7. The summed E-state index contributed by atoms with van der Waals surface area (Å²) in [6.45, 7) is 2.11. The van der Waals surface area contributed by atoms with Gasteiger partial charge in [-0.25, -0.2) is 0 Å². The van der Waals surface area contributed by atoms with Crippen LogP contribution in [0.5, 0.6) is 0 Å². The van der Waals surface area contributed by atoms with Crippen LogP contribution in [0.2, 0.25) is 0 Å². The van der Waals surface area contributed by atoms with Crippen LogP contribution in [0.15, 0.2) is 24.3 Å². The number of nitrogens with one attached hydrogen (secondary N) is 1. The fourth-order valence-electron chi connectivity index (χ4n) is 1.93. The van der Waals surface area contributed by atoms with E-state index in [4.69, 9.17) is 0 Å². The average molecular weight is 231 g/mol. The molecule has 0 bridgehead atoms. The predicted molar refractivity (Wildman–Crippen MR) is 65.5 cm³/mol. The second kappa shape index (κ2) is 5.05. The zero-order valence-electron chi connectivity index (χ0n) is 10.4. The monoisotopic (exact) mass is 231 g/mol. The molecule has 90 valence electrons. The van der Waals surface area contributed by atoms with Gasteiger partial charge in [0.25, 0.3) is 0 Å². The van der Waals surface area contributed by atoms with Gasteiger partial charge in [0.15, 0.2) is 5.82 Å². The van der Waals surface area contributed by atoms with Gasteiger partial charge in [-0.05, 0) is 30.3 Å². The third kappa shape index (κ3) is 2.68. The van der Waals surface area contributed by atoms with Crippen molar-refractivity contribution < 1.29 is 0 Å². The van der Waals surface area contributed by atoms with Crippen LogP contribution in [-0.2, 0) is 13.5 Å². The topological polar surface area (TPSA) is 55.6 Å². The lowest BCUT2D eigenvalue weighted by Gasteiger charge is -2.16. The Labute approximate surface area is 101 Å². The molecular formula is C12H17N5. The number of tetrazole rings is 1. The Morgan fingerprint density at radius 2 is 2.12 bits per heavy atom. The number of aryl methyl sites for hydroxylation is 2. The van der Waals surface area contributed by atoms with Gasteiger partial charge in [-0.15, -0.1) is 10.2 Å². The first-order valence-corrected chi connectivity index (χ1v) is 5.66. The van der Waals surface area contributed by atoms with E-state index in [-0.39, 0.29) is 6.04 Å². The molecule has 1 unspecified atom stereocenters. The smallest absolute Gasteiger partial charge is 0.176 e. The zero-order chi connectivity index (χ0) is 12.3. The fraction of sp³-hybridized carbons (Fsp3) is 0.417. The number of rotatable bonds is 4. The second-order valence-electron chi connectivity index (χ2n) is 4.10. The van der Waals surface area contributed by atoms with Gasteiger partial charge in [0.05, 0.1) is 7.05 Å². The average Bonchev–Trinajstić information content (AvgIpc) is 2.73. The van der Waals surface area contributed by atoms with Crippen molar-refractivity contribution in [1.29, 1.82) is 0 Å². The molecule has 5 heteroatoms. The van der Waals surface area contributed by atoms with Crippen LogP contribution < -0.4 is 5.32 Å². The summed E-state index contributed by atoms with van der Waals surface area (Å²) in [5.41, 5.74) is 2.55. The summed E-state index contributed by atoms with van der Waals surface area (Å²) in [4.78, 5) is 1.49. The molecule has 0 fully saturated rings. The van der Waals surface area contributed by atoms with Gasteiger partial charge in [-0.1, -0.05) is 24.3 Å². The quantitative estimate of drug-likeness (QED) is 0.853. The summed E-state index contributed by atoms with van der Waals surface area (Å²) in [7, 11) is 3.73. The molecule has 1 aromatic carbocycles. The van der Waals surface area contributed by atoms with E-state index in [1.54, 1.807) is 7.05 Å². The Kier molecular flexibility index (Phi) is 3.49. The van der Waals surface area contributed by atoms with Crippen LogP contribution >= 0.6 is 0 Å². The summed E-state index contributed by atoms with van der Waals surface area (Å²) in [6.07, 6.45) is 0.745. The molecule has 0 aliphatic rings. The number of aromatic nitrogens is 4. The first-order valence-electron chi connectivity index (χ1n) is 5.66. The van der Waals surface area contributed by atoms with Crippen LogP contribution in [0.4, 0.5) is 0 Å². The van der Waals surface area contributed by atoms with E-state index in [0.717, 1.165) is 12.2 Å². The molecule has 0 aliphatic carbocycles. The van der Waals surface area contributed by atoms with Crippen LogP contribution in [0, 0.1) is 6.92 Å². The van der Waals surface area contributed by atoms with Crippen molar-refractivity contribution in [3.05, 3.63) is 41.2 Å². The molecule has 0 aliphatic heterocycles. The molecule has 0 amide bonds. The van der Waals surface area contributed by atoms with Gasteiger partial charge >= 0.3 is 0 Å². The zero-order valence-corrected chi connectivity index (χ0v) is 10.4. The van der Waals surface area contributed by atoms with E-state index in [1.807, 2.05) is 13.1 Å². The summed E-state index contributed by atoms with van der Waals surface area (Å²) < 4.78 is 0. The van der Waals surface area contributed by atoms with Gasteiger partial charge in [0.2, 0.25) is 0 Å². The van der Waals surface area contributed by atoms with Crippen molar-refractivity contribution in [2.75, 3.05) is 7.05 Å². The van der Waals surface area contributed by atoms with Crippen molar-refractivity contribution in [2.24, 2.45) is 7.05 Å². The number of nitrogens with zero attached hydrogens (tertiary/aromatic N) is 4. The normalized spacial score (nSPS) is 12.6. The number of benzene rings is 1. The molecule has 17 heavy (non-hydrogen) atoms. The largest absolute Gasteiger partial charge is 0.313 e. The lowest BCUT2D eigenvalue weighted by Crippen LogP contribution is -2.20. The van der Waals surface area contributed by atoms with Crippen molar-refractivity contribution >= 4 is 0 Å². The standard InChI is InChI=1S/C12H17N5/c1-9-6-4-5-7-10(9)11(13-2)8-12-14-16-17(3)15-12/h4-7,11,13H,8H2,1-3H3. The minimum absolute atomic E-state index is 0.223. The van der Waals surface area contributed by atoms with E-state index in [2.05, 4.69) is 45.9 Å². The molecule has 0 saturated carbocycles. The van der Waals surface area contributed by atoms with Gasteiger partial charge in [0, 0.05) is 12.5 Å². The second-order valence-corrected chi connectivity index (χ2v) is 4.10. The van der Waals surface area contributed by atoms with Gasteiger partial charge in [-0.2, -0.15) is 4.80 Å². The molecule has 0 radical (unpaired) electrons. The third-order valence-corrected chi connectivity index (χ3v) is 2.85. The SMILES string of the molecule is CNC(Cc1nnn(C)n1)c1ccccc1C. The molecule has 1 heterocycles. The predicted octanol–water partition coefficient (Wildman–Crippen LogP) is 1.02.